The summed E-state index contributed by atoms with van der Waals surface area (Å²) in [6, 6.07) is 1.73. The van der Waals surface area contributed by atoms with Gasteiger partial charge in [0.15, 0.2) is 0 Å². The van der Waals surface area contributed by atoms with Gasteiger partial charge >= 0.3 is 0 Å². The SMILES string of the molecule is CN1CCC(C(CF)n2cc(-c3ncnc4[nH]ccc34)cn2)C1. The van der Waals surface area contributed by atoms with Gasteiger partial charge < -0.3 is 9.88 Å². The molecule has 4 rings (SSSR count). The van der Waals surface area contributed by atoms with Crippen molar-refractivity contribution in [3.63, 3.8) is 0 Å². The summed E-state index contributed by atoms with van der Waals surface area (Å²) in [4.78, 5) is 13.9. The molecule has 7 heteroatoms. The number of aromatic amines is 1. The normalized spacial score (nSPS) is 20.3. The monoisotopic (exact) mass is 314 g/mol. The van der Waals surface area contributed by atoms with Gasteiger partial charge in [0.2, 0.25) is 0 Å². The number of nitrogens with one attached hydrogen (secondary N) is 1. The first-order valence-corrected chi connectivity index (χ1v) is 7.83. The maximum absolute atomic E-state index is 13.6. The number of aromatic nitrogens is 5. The van der Waals surface area contributed by atoms with E-state index in [9.17, 15) is 4.39 Å². The van der Waals surface area contributed by atoms with Crippen molar-refractivity contribution >= 4 is 11.0 Å². The third kappa shape index (κ3) is 2.50. The topological polar surface area (TPSA) is 62.6 Å². The van der Waals surface area contributed by atoms with Gasteiger partial charge in [0, 0.05) is 29.9 Å². The Morgan fingerprint density at radius 2 is 2.35 bits per heavy atom. The third-order valence-corrected chi connectivity index (χ3v) is 4.70. The Kier molecular flexibility index (Phi) is 3.57. The van der Waals surface area contributed by atoms with Crippen LogP contribution in [0.15, 0.2) is 31.0 Å². The zero-order valence-electron chi connectivity index (χ0n) is 13.0. The van der Waals surface area contributed by atoms with E-state index in [0.717, 1.165) is 41.8 Å². The molecule has 0 bridgehead atoms. The second-order valence-corrected chi connectivity index (χ2v) is 6.20. The standard InChI is InChI=1S/C16H19FN6/c1-22-5-3-11(8-22)14(6-17)23-9-12(7-21-23)15-13-2-4-18-16(13)20-10-19-15/h2,4,7,9-11,14H,3,5-6,8H2,1H3,(H,18,19,20). The molecule has 0 saturated carbocycles. The van der Waals surface area contributed by atoms with Crippen LogP contribution >= 0.6 is 0 Å². The number of alkyl halides is 1. The van der Waals surface area contributed by atoms with E-state index in [-0.39, 0.29) is 6.04 Å². The lowest BCUT2D eigenvalue weighted by Crippen LogP contribution is -2.24. The lowest BCUT2D eigenvalue weighted by Gasteiger charge is -2.20. The molecule has 1 aliphatic rings. The van der Waals surface area contributed by atoms with Crippen LogP contribution in [0.4, 0.5) is 4.39 Å². The highest BCUT2D eigenvalue weighted by molar-refractivity contribution is 5.89. The minimum atomic E-state index is -0.400. The Balaban J connectivity index is 1.67. The molecular weight excluding hydrogens is 295 g/mol. The lowest BCUT2D eigenvalue weighted by atomic mass is 10.0. The van der Waals surface area contributed by atoms with Crippen LogP contribution in [-0.4, -0.2) is 56.4 Å². The Labute approximate surface area is 133 Å². The molecule has 0 amide bonds. The van der Waals surface area contributed by atoms with Crippen molar-refractivity contribution < 1.29 is 4.39 Å². The Bertz CT molecular complexity index is 810. The van der Waals surface area contributed by atoms with Crippen LogP contribution in [0.1, 0.15) is 12.5 Å². The second-order valence-electron chi connectivity index (χ2n) is 6.20. The molecule has 23 heavy (non-hydrogen) atoms. The Morgan fingerprint density at radius 1 is 1.43 bits per heavy atom. The van der Waals surface area contributed by atoms with Crippen LogP contribution in [0.25, 0.3) is 22.3 Å². The predicted molar refractivity (Wildman–Crippen MR) is 85.7 cm³/mol. The van der Waals surface area contributed by atoms with Crippen molar-refractivity contribution in [2.45, 2.75) is 12.5 Å². The summed E-state index contributed by atoms with van der Waals surface area (Å²) in [6.07, 6.45) is 8.04. The fraction of sp³-hybridized carbons (Fsp3) is 0.438. The van der Waals surface area contributed by atoms with Gasteiger partial charge in [-0.05, 0) is 32.0 Å². The first-order chi connectivity index (χ1) is 11.3. The van der Waals surface area contributed by atoms with E-state index >= 15 is 0 Å². The molecule has 1 aliphatic heterocycles. The molecule has 0 aliphatic carbocycles. The zero-order chi connectivity index (χ0) is 15.8. The van der Waals surface area contributed by atoms with Crippen LogP contribution in [0.2, 0.25) is 0 Å². The van der Waals surface area contributed by atoms with Crippen LogP contribution in [0.5, 0.6) is 0 Å². The molecule has 6 nitrogen and oxygen atoms in total. The first kappa shape index (κ1) is 14.3. The van der Waals surface area contributed by atoms with Crippen molar-refractivity contribution in [1.29, 1.82) is 0 Å². The van der Waals surface area contributed by atoms with Crippen LogP contribution in [0, 0.1) is 5.92 Å². The van der Waals surface area contributed by atoms with Crippen molar-refractivity contribution in [1.82, 2.24) is 29.6 Å². The number of hydrogen-bond acceptors (Lipinski definition) is 4. The van der Waals surface area contributed by atoms with Crippen molar-refractivity contribution in [3.8, 4) is 11.3 Å². The fourth-order valence-corrected chi connectivity index (χ4v) is 3.44. The molecule has 2 atom stereocenters. The largest absolute Gasteiger partial charge is 0.346 e. The minimum Gasteiger partial charge on any atom is -0.346 e. The van der Waals surface area contributed by atoms with E-state index in [1.807, 2.05) is 18.5 Å². The molecule has 0 spiro atoms. The predicted octanol–water partition coefficient (Wildman–Crippen LogP) is 2.28. The van der Waals surface area contributed by atoms with Gasteiger partial charge in [0.25, 0.3) is 0 Å². The average Bonchev–Trinajstić information content (AvgIpc) is 3.28. The van der Waals surface area contributed by atoms with Gasteiger partial charge in [0.05, 0.1) is 17.9 Å². The van der Waals surface area contributed by atoms with E-state index in [0.29, 0.717) is 5.92 Å². The number of halogens is 1. The quantitative estimate of drug-likeness (QED) is 0.802. The summed E-state index contributed by atoms with van der Waals surface area (Å²) in [5, 5.41) is 5.36. The van der Waals surface area contributed by atoms with Gasteiger partial charge in [-0.15, -0.1) is 0 Å². The van der Waals surface area contributed by atoms with E-state index in [4.69, 9.17) is 0 Å². The number of hydrogen-bond donors (Lipinski definition) is 1. The number of rotatable bonds is 4. The third-order valence-electron chi connectivity index (χ3n) is 4.70. The van der Waals surface area contributed by atoms with Crippen molar-refractivity contribution in [2.24, 2.45) is 5.92 Å². The fourth-order valence-electron chi connectivity index (χ4n) is 3.44. The summed E-state index contributed by atoms with van der Waals surface area (Å²) < 4.78 is 15.4. The summed E-state index contributed by atoms with van der Waals surface area (Å²) in [7, 11) is 2.08. The number of nitrogens with zero attached hydrogens (tertiary/aromatic N) is 5. The van der Waals surface area contributed by atoms with Gasteiger partial charge in [-0.2, -0.15) is 5.10 Å². The molecule has 1 N–H and O–H groups in total. The average molecular weight is 314 g/mol. The van der Waals surface area contributed by atoms with Gasteiger partial charge in [-0.3, -0.25) is 4.68 Å². The Hall–Kier alpha value is -2.28. The molecule has 120 valence electrons. The molecule has 1 saturated heterocycles. The van der Waals surface area contributed by atoms with Gasteiger partial charge in [-0.1, -0.05) is 0 Å². The van der Waals surface area contributed by atoms with Gasteiger partial charge in [0.1, 0.15) is 18.6 Å². The molecule has 0 radical (unpaired) electrons. The lowest BCUT2D eigenvalue weighted by molar-refractivity contribution is 0.242. The summed E-state index contributed by atoms with van der Waals surface area (Å²) in [5.41, 5.74) is 2.51. The van der Waals surface area contributed by atoms with E-state index in [1.54, 1.807) is 10.9 Å². The highest BCUT2D eigenvalue weighted by atomic mass is 19.1. The summed E-state index contributed by atoms with van der Waals surface area (Å²) in [6.45, 7) is 1.54. The molecule has 2 unspecified atom stereocenters. The molecular formula is C16H19FN6. The number of H-pyrrole nitrogens is 1. The number of likely N-dealkylation sites (tertiary alicyclic amines) is 1. The van der Waals surface area contributed by atoms with E-state index < -0.39 is 6.67 Å². The minimum absolute atomic E-state index is 0.211. The van der Waals surface area contributed by atoms with Crippen molar-refractivity contribution in [2.75, 3.05) is 26.8 Å². The number of fused-ring (bicyclic) bond motifs is 1. The Morgan fingerprint density at radius 3 is 3.13 bits per heavy atom. The maximum Gasteiger partial charge on any atom is 0.141 e. The zero-order valence-corrected chi connectivity index (χ0v) is 13.0. The summed E-state index contributed by atoms with van der Waals surface area (Å²) in [5.74, 6) is 0.301. The van der Waals surface area contributed by atoms with Crippen LogP contribution in [0.3, 0.4) is 0 Å². The summed E-state index contributed by atoms with van der Waals surface area (Å²) >= 11 is 0. The molecule has 1 fully saturated rings. The van der Waals surface area contributed by atoms with Crippen LogP contribution < -0.4 is 0 Å². The highest BCUT2D eigenvalue weighted by Gasteiger charge is 2.29. The van der Waals surface area contributed by atoms with Crippen molar-refractivity contribution in [3.05, 3.63) is 31.0 Å². The maximum atomic E-state index is 13.6. The van der Waals surface area contributed by atoms with Gasteiger partial charge in [-0.25, -0.2) is 14.4 Å². The van der Waals surface area contributed by atoms with E-state index in [1.165, 1.54) is 6.33 Å². The van der Waals surface area contributed by atoms with E-state index in [2.05, 4.69) is 32.0 Å². The first-order valence-electron chi connectivity index (χ1n) is 7.83. The highest BCUT2D eigenvalue weighted by Crippen LogP contribution is 2.30. The smallest absolute Gasteiger partial charge is 0.141 e. The second kappa shape index (κ2) is 5.73. The molecule has 3 aromatic rings. The molecule has 3 aromatic heterocycles. The molecule has 4 heterocycles. The van der Waals surface area contributed by atoms with Crippen LogP contribution in [-0.2, 0) is 0 Å². The molecule has 0 aromatic carbocycles.